The second-order valence-corrected chi connectivity index (χ2v) is 5.58. The number of aliphatic hydroxyl groups excluding tert-OH is 1. The van der Waals surface area contributed by atoms with Crippen LogP contribution in [0.15, 0.2) is 27.4 Å². The Labute approximate surface area is 112 Å². The smallest absolute Gasteiger partial charge is 0.408 e. The molecule has 0 fully saturated rings. The number of fused-ring (bicyclic) bond motifs is 1. The van der Waals surface area contributed by atoms with E-state index >= 15 is 0 Å². The Balaban J connectivity index is 2.51. The van der Waals surface area contributed by atoms with Gasteiger partial charge in [0.15, 0.2) is 5.58 Å². The normalized spacial score (nSPS) is 13.9. The maximum absolute atomic E-state index is 11.6. The monoisotopic (exact) mass is 263 g/mol. The van der Waals surface area contributed by atoms with E-state index in [2.05, 4.69) is 6.92 Å². The Kier molecular flexibility index (Phi) is 3.54. The zero-order valence-electron chi connectivity index (χ0n) is 11.9. The van der Waals surface area contributed by atoms with E-state index in [9.17, 15) is 9.90 Å². The maximum atomic E-state index is 11.6. The van der Waals surface area contributed by atoms with E-state index in [-0.39, 0.29) is 11.2 Å². The Morgan fingerprint density at radius 1 is 1.37 bits per heavy atom. The molecule has 4 nitrogen and oxygen atoms in total. The molecule has 0 radical (unpaired) electrons. The lowest BCUT2D eigenvalue weighted by Gasteiger charge is -2.29. The zero-order chi connectivity index (χ0) is 14.2. The van der Waals surface area contributed by atoms with E-state index in [1.807, 2.05) is 32.9 Å². The molecule has 1 aromatic carbocycles. The maximum Gasteiger partial charge on any atom is 0.419 e. The van der Waals surface area contributed by atoms with Gasteiger partial charge in [0.1, 0.15) is 0 Å². The number of benzene rings is 1. The van der Waals surface area contributed by atoms with Gasteiger partial charge in [0, 0.05) is 6.54 Å². The first-order valence-corrected chi connectivity index (χ1v) is 6.72. The quantitative estimate of drug-likeness (QED) is 0.922. The van der Waals surface area contributed by atoms with Crippen molar-refractivity contribution in [3.05, 3.63) is 34.3 Å². The predicted octanol–water partition coefficient (Wildman–Crippen LogP) is 3.08. The molecule has 0 aliphatic rings. The van der Waals surface area contributed by atoms with Gasteiger partial charge in [0.2, 0.25) is 0 Å². The second-order valence-electron chi connectivity index (χ2n) is 5.58. The largest absolute Gasteiger partial charge is 0.419 e. The van der Waals surface area contributed by atoms with E-state index in [0.717, 1.165) is 17.5 Å². The molecular formula is C15H21NO3. The van der Waals surface area contributed by atoms with Crippen molar-refractivity contribution in [1.29, 1.82) is 0 Å². The highest BCUT2D eigenvalue weighted by Gasteiger charge is 2.27. The minimum Gasteiger partial charge on any atom is -0.408 e. The van der Waals surface area contributed by atoms with Crippen LogP contribution in [-0.4, -0.2) is 9.67 Å². The number of aromatic nitrogens is 1. The van der Waals surface area contributed by atoms with Crippen LogP contribution in [0.4, 0.5) is 0 Å². The minimum absolute atomic E-state index is 0.207. The van der Waals surface area contributed by atoms with Crippen LogP contribution in [0.3, 0.4) is 0 Å². The molecule has 0 saturated heterocycles. The standard InChI is InChI=1S/C15H21NO3/c1-5-15(3,4)13(17)10-7-8-11-12(9-10)19-14(18)16(11)6-2/h7-9,13,17H,5-6H2,1-4H3. The summed E-state index contributed by atoms with van der Waals surface area (Å²) in [6.45, 7) is 8.58. The van der Waals surface area contributed by atoms with Crippen molar-refractivity contribution < 1.29 is 9.52 Å². The summed E-state index contributed by atoms with van der Waals surface area (Å²) in [5.41, 5.74) is 1.89. The van der Waals surface area contributed by atoms with Crippen LogP contribution in [-0.2, 0) is 6.54 Å². The molecule has 4 heteroatoms. The van der Waals surface area contributed by atoms with Crippen LogP contribution < -0.4 is 5.76 Å². The molecule has 0 spiro atoms. The SMILES string of the molecule is CCn1c(=O)oc2cc(C(O)C(C)(C)CC)ccc21. The summed E-state index contributed by atoms with van der Waals surface area (Å²) in [7, 11) is 0. The Morgan fingerprint density at radius 3 is 2.63 bits per heavy atom. The molecule has 19 heavy (non-hydrogen) atoms. The Hall–Kier alpha value is -1.55. The molecule has 0 bridgehead atoms. The molecule has 1 atom stereocenters. The highest BCUT2D eigenvalue weighted by atomic mass is 16.4. The third-order valence-electron chi connectivity index (χ3n) is 3.98. The molecule has 2 aromatic rings. The summed E-state index contributed by atoms with van der Waals surface area (Å²) in [6, 6.07) is 5.48. The average molecular weight is 263 g/mol. The van der Waals surface area contributed by atoms with Crippen molar-refractivity contribution in [2.45, 2.75) is 46.8 Å². The van der Waals surface area contributed by atoms with Crippen molar-refractivity contribution in [2.75, 3.05) is 0 Å². The fraction of sp³-hybridized carbons (Fsp3) is 0.533. The number of rotatable bonds is 4. The molecule has 0 aliphatic carbocycles. The molecule has 0 saturated carbocycles. The zero-order valence-corrected chi connectivity index (χ0v) is 11.9. The lowest BCUT2D eigenvalue weighted by molar-refractivity contribution is 0.0466. The van der Waals surface area contributed by atoms with Crippen molar-refractivity contribution in [3.63, 3.8) is 0 Å². The second kappa shape index (κ2) is 4.85. The fourth-order valence-electron chi connectivity index (χ4n) is 2.20. The number of hydrogen-bond acceptors (Lipinski definition) is 3. The number of aliphatic hydroxyl groups is 1. The van der Waals surface area contributed by atoms with Crippen LogP contribution in [0.1, 0.15) is 45.8 Å². The van der Waals surface area contributed by atoms with Crippen LogP contribution in [0.2, 0.25) is 0 Å². The Bertz CT molecular complexity index is 636. The first-order chi connectivity index (χ1) is 8.90. The molecule has 1 unspecified atom stereocenters. The van der Waals surface area contributed by atoms with Gasteiger partial charge in [0.25, 0.3) is 0 Å². The van der Waals surface area contributed by atoms with Gasteiger partial charge in [-0.1, -0.05) is 26.8 Å². The van der Waals surface area contributed by atoms with Crippen molar-refractivity contribution in [1.82, 2.24) is 4.57 Å². The molecule has 1 aromatic heterocycles. The van der Waals surface area contributed by atoms with E-state index in [1.54, 1.807) is 10.6 Å². The van der Waals surface area contributed by atoms with Crippen molar-refractivity contribution in [2.24, 2.45) is 5.41 Å². The number of oxazole rings is 1. The molecule has 2 rings (SSSR count). The fourth-order valence-corrected chi connectivity index (χ4v) is 2.20. The topological polar surface area (TPSA) is 55.4 Å². The van der Waals surface area contributed by atoms with E-state index in [0.29, 0.717) is 12.1 Å². The van der Waals surface area contributed by atoms with E-state index in [4.69, 9.17) is 4.42 Å². The van der Waals surface area contributed by atoms with Gasteiger partial charge in [-0.05, 0) is 36.5 Å². The molecule has 104 valence electrons. The molecular weight excluding hydrogens is 242 g/mol. The minimum atomic E-state index is -0.572. The average Bonchev–Trinajstić information content (AvgIpc) is 2.71. The van der Waals surface area contributed by atoms with Gasteiger partial charge in [-0.2, -0.15) is 0 Å². The summed E-state index contributed by atoms with van der Waals surface area (Å²) < 4.78 is 6.80. The summed E-state index contributed by atoms with van der Waals surface area (Å²) >= 11 is 0. The molecule has 0 amide bonds. The van der Waals surface area contributed by atoms with Gasteiger partial charge in [-0.3, -0.25) is 4.57 Å². The lowest BCUT2D eigenvalue weighted by atomic mass is 9.80. The van der Waals surface area contributed by atoms with Crippen LogP contribution >= 0.6 is 0 Å². The molecule has 1 N–H and O–H groups in total. The highest BCUT2D eigenvalue weighted by Crippen LogP contribution is 2.36. The van der Waals surface area contributed by atoms with Crippen LogP contribution in [0.25, 0.3) is 11.1 Å². The van der Waals surface area contributed by atoms with Gasteiger partial charge in [0.05, 0.1) is 11.6 Å². The summed E-state index contributed by atoms with van der Waals surface area (Å²) in [4.78, 5) is 11.6. The third kappa shape index (κ3) is 2.32. The predicted molar refractivity (Wildman–Crippen MR) is 75.2 cm³/mol. The molecule has 0 aliphatic heterocycles. The van der Waals surface area contributed by atoms with Crippen LogP contribution in [0.5, 0.6) is 0 Å². The van der Waals surface area contributed by atoms with Gasteiger partial charge in [-0.25, -0.2) is 4.79 Å². The van der Waals surface area contributed by atoms with Crippen LogP contribution in [0, 0.1) is 5.41 Å². The lowest BCUT2D eigenvalue weighted by Crippen LogP contribution is -2.20. The number of hydrogen-bond donors (Lipinski definition) is 1. The summed E-state index contributed by atoms with van der Waals surface area (Å²) in [5, 5.41) is 10.4. The third-order valence-corrected chi connectivity index (χ3v) is 3.98. The number of nitrogens with zero attached hydrogens (tertiary/aromatic N) is 1. The van der Waals surface area contributed by atoms with E-state index in [1.165, 1.54) is 0 Å². The van der Waals surface area contributed by atoms with Crippen molar-refractivity contribution in [3.8, 4) is 0 Å². The first-order valence-electron chi connectivity index (χ1n) is 6.72. The first kappa shape index (κ1) is 13.9. The highest BCUT2D eigenvalue weighted by molar-refractivity contribution is 5.73. The van der Waals surface area contributed by atoms with Gasteiger partial charge >= 0.3 is 5.76 Å². The summed E-state index contributed by atoms with van der Waals surface area (Å²) in [5.74, 6) is -0.348. The summed E-state index contributed by atoms with van der Waals surface area (Å²) in [6.07, 6.45) is 0.295. The van der Waals surface area contributed by atoms with Crippen molar-refractivity contribution >= 4 is 11.1 Å². The van der Waals surface area contributed by atoms with E-state index < -0.39 is 6.10 Å². The van der Waals surface area contributed by atoms with Gasteiger partial charge < -0.3 is 9.52 Å². The molecule has 1 heterocycles. The van der Waals surface area contributed by atoms with Gasteiger partial charge in [-0.15, -0.1) is 0 Å². The number of aryl methyl sites for hydroxylation is 1. The Morgan fingerprint density at radius 2 is 2.05 bits per heavy atom.